The molecule has 0 bridgehead atoms. The third-order valence-electron chi connectivity index (χ3n) is 5.55. The van der Waals surface area contributed by atoms with Gasteiger partial charge in [0.1, 0.15) is 5.82 Å². The summed E-state index contributed by atoms with van der Waals surface area (Å²) >= 11 is 0. The van der Waals surface area contributed by atoms with E-state index in [4.69, 9.17) is 9.72 Å². The van der Waals surface area contributed by atoms with Gasteiger partial charge in [0.05, 0.1) is 30.8 Å². The number of hydrogen-bond donors (Lipinski definition) is 1. The van der Waals surface area contributed by atoms with Crippen LogP contribution >= 0.6 is 0 Å². The molecule has 6 nitrogen and oxygen atoms in total. The maximum absolute atomic E-state index is 5.94. The minimum absolute atomic E-state index is 0.535. The minimum atomic E-state index is 0.535. The lowest BCUT2D eigenvalue weighted by Crippen LogP contribution is -2.40. The number of aryl methyl sites for hydroxylation is 1. The highest BCUT2D eigenvalue weighted by molar-refractivity contribution is 5.80. The Hall–Kier alpha value is -2.86. The second-order valence-electron chi connectivity index (χ2n) is 7.58. The van der Waals surface area contributed by atoms with Crippen molar-refractivity contribution in [3.63, 3.8) is 0 Å². The number of imidazole rings is 1. The smallest absolute Gasteiger partial charge is 0.194 e. The molecule has 152 valence electrons. The Morgan fingerprint density at radius 3 is 2.76 bits per heavy atom. The van der Waals surface area contributed by atoms with Gasteiger partial charge in [-0.2, -0.15) is 0 Å². The van der Waals surface area contributed by atoms with Crippen LogP contribution in [0.15, 0.2) is 59.6 Å². The Kier molecular flexibility index (Phi) is 6.10. The molecule has 1 fully saturated rings. The van der Waals surface area contributed by atoms with Gasteiger partial charge in [0.25, 0.3) is 0 Å². The van der Waals surface area contributed by atoms with Crippen LogP contribution < -0.4 is 5.32 Å². The second-order valence-corrected chi connectivity index (χ2v) is 7.58. The summed E-state index contributed by atoms with van der Waals surface area (Å²) in [7, 11) is 3.90. The maximum atomic E-state index is 5.94. The van der Waals surface area contributed by atoms with Gasteiger partial charge in [0, 0.05) is 33.1 Å². The van der Waals surface area contributed by atoms with Gasteiger partial charge in [0.15, 0.2) is 5.96 Å². The molecule has 0 amide bonds. The molecule has 1 N–H and O–H groups in total. The molecule has 29 heavy (non-hydrogen) atoms. The van der Waals surface area contributed by atoms with E-state index in [1.165, 1.54) is 5.56 Å². The molecular formula is C23H29N5O. The zero-order chi connectivity index (χ0) is 20.1. The number of likely N-dealkylation sites (tertiary alicyclic amines) is 1. The quantitative estimate of drug-likeness (QED) is 0.518. The number of ether oxygens (including phenoxy) is 1. The molecule has 0 saturated carbocycles. The number of nitrogens with one attached hydrogen (secondary N) is 1. The van der Waals surface area contributed by atoms with Gasteiger partial charge in [-0.1, -0.05) is 42.5 Å². The highest BCUT2D eigenvalue weighted by Crippen LogP contribution is 2.18. The molecule has 1 aliphatic rings. The van der Waals surface area contributed by atoms with Gasteiger partial charge >= 0.3 is 0 Å². The Labute approximate surface area is 172 Å². The fraction of sp³-hybridized carbons (Fsp3) is 0.391. The normalized spacial score (nSPS) is 17.2. The number of aliphatic imine (C=N–C) groups is 1. The van der Waals surface area contributed by atoms with Gasteiger partial charge in [-0.15, -0.1) is 0 Å². The first-order valence-corrected chi connectivity index (χ1v) is 10.2. The number of fused-ring (bicyclic) bond motifs is 1. The van der Waals surface area contributed by atoms with E-state index in [1.807, 2.05) is 31.3 Å². The van der Waals surface area contributed by atoms with Crippen LogP contribution in [-0.4, -0.2) is 47.2 Å². The van der Waals surface area contributed by atoms with Gasteiger partial charge in [-0.05, 0) is 24.1 Å². The van der Waals surface area contributed by atoms with Crippen LogP contribution in [0.3, 0.4) is 0 Å². The van der Waals surface area contributed by atoms with Gasteiger partial charge in [-0.25, -0.2) is 4.98 Å². The van der Waals surface area contributed by atoms with E-state index in [-0.39, 0.29) is 0 Å². The van der Waals surface area contributed by atoms with Crippen molar-refractivity contribution in [2.24, 2.45) is 18.0 Å². The van der Waals surface area contributed by atoms with E-state index >= 15 is 0 Å². The van der Waals surface area contributed by atoms with E-state index in [0.717, 1.165) is 48.9 Å². The number of benzene rings is 2. The first-order valence-electron chi connectivity index (χ1n) is 10.2. The summed E-state index contributed by atoms with van der Waals surface area (Å²) in [6.45, 7) is 4.09. The van der Waals surface area contributed by atoms with Gasteiger partial charge in [0.2, 0.25) is 0 Å². The van der Waals surface area contributed by atoms with Crippen LogP contribution in [0.4, 0.5) is 0 Å². The number of hydrogen-bond acceptors (Lipinski definition) is 3. The molecule has 4 rings (SSSR count). The number of para-hydroxylation sites is 2. The number of guanidine groups is 1. The predicted octanol–water partition coefficient (Wildman–Crippen LogP) is 3.19. The highest BCUT2D eigenvalue weighted by Gasteiger charge is 2.25. The minimum Gasteiger partial charge on any atom is -0.376 e. The van der Waals surface area contributed by atoms with Crippen LogP contribution in [0.1, 0.15) is 17.8 Å². The molecule has 1 aliphatic heterocycles. The molecule has 0 spiro atoms. The zero-order valence-corrected chi connectivity index (χ0v) is 17.2. The first-order chi connectivity index (χ1) is 14.2. The maximum Gasteiger partial charge on any atom is 0.194 e. The summed E-state index contributed by atoms with van der Waals surface area (Å²) in [5.74, 6) is 2.48. The molecule has 2 aromatic carbocycles. The van der Waals surface area contributed by atoms with E-state index < -0.39 is 0 Å². The summed E-state index contributed by atoms with van der Waals surface area (Å²) in [6.07, 6.45) is 1.13. The Morgan fingerprint density at radius 1 is 1.17 bits per heavy atom. The Bertz CT molecular complexity index is 966. The summed E-state index contributed by atoms with van der Waals surface area (Å²) < 4.78 is 8.08. The highest BCUT2D eigenvalue weighted by atomic mass is 16.5. The van der Waals surface area contributed by atoms with E-state index in [2.05, 4.69) is 57.2 Å². The van der Waals surface area contributed by atoms with Crippen molar-refractivity contribution in [1.29, 1.82) is 0 Å². The predicted molar refractivity (Wildman–Crippen MR) is 117 cm³/mol. The SMILES string of the molecule is CN=C(NCc1nc2ccccc2n1C)N1CCC(COCc2ccccc2)C1. The van der Waals surface area contributed by atoms with E-state index in [0.29, 0.717) is 19.1 Å². The first kappa shape index (κ1) is 19.5. The summed E-state index contributed by atoms with van der Waals surface area (Å²) in [6, 6.07) is 18.6. The van der Waals surface area contributed by atoms with E-state index in [9.17, 15) is 0 Å². The second kappa shape index (κ2) is 9.09. The lowest BCUT2D eigenvalue weighted by molar-refractivity contribution is 0.0906. The van der Waals surface area contributed by atoms with E-state index in [1.54, 1.807) is 0 Å². The lowest BCUT2D eigenvalue weighted by atomic mass is 10.1. The topological polar surface area (TPSA) is 54.7 Å². The molecule has 6 heteroatoms. The van der Waals surface area contributed by atoms with Crippen molar-refractivity contribution in [2.75, 3.05) is 26.7 Å². The molecule has 1 unspecified atom stereocenters. The molecule has 2 heterocycles. The molecule has 1 aromatic heterocycles. The average Bonchev–Trinajstić information content (AvgIpc) is 3.35. The van der Waals surface area contributed by atoms with Crippen molar-refractivity contribution in [3.8, 4) is 0 Å². The lowest BCUT2D eigenvalue weighted by Gasteiger charge is -2.21. The average molecular weight is 392 g/mol. The van der Waals surface area contributed by atoms with Crippen LogP contribution in [0.2, 0.25) is 0 Å². The third kappa shape index (κ3) is 4.59. The van der Waals surface area contributed by atoms with Crippen molar-refractivity contribution >= 4 is 17.0 Å². The molecule has 3 aromatic rings. The van der Waals surface area contributed by atoms with Crippen molar-refractivity contribution < 1.29 is 4.74 Å². The Morgan fingerprint density at radius 2 is 1.97 bits per heavy atom. The summed E-state index contributed by atoms with van der Waals surface area (Å²) in [5.41, 5.74) is 3.40. The fourth-order valence-electron chi connectivity index (χ4n) is 3.92. The van der Waals surface area contributed by atoms with Crippen LogP contribution in [-0.2, 0) is 24.9 Å². The number of aromatic nitrogens is 2. The fourth-order valence-corrected chi connectivity index (χ4v) is 3.92. The van der Waals surface area contributed by atoms with Crippen molar-refractivity contribution in [3.05, 3.63) is 66.0 Å². The summed E-state index contributed by atoms with van der Waals surface area (Å²) in [4.78, 5) is 11.5. The van der Waals surface area contributed by atoms with Crippen molar-refractivity contribution in [2.45, 2.75) is 19.6 Å². The van der Waals surface area contributed by atoms with Crippen LogP contribution in [0.5, 0.6) is 0 Å². The van der Waals surface area contributed by atoms with Gasteiger partial charge in [-0.3, -0.25) is 4.99 Å². The third-order valence-corrected chi connectivity index (χ3v) is 5.55. The molecular weight excluding hydrogens is 362 g/mol. The standard InChI is InChI=1S/C23H29N5O/c1-24-23(25-14-22-26-20-10-6-7-11-21(20)27(22)2)28-13-12-19(15-28)17-29-16-18-8-4-3-5-9-18/h3-11,19H,12-17H2,1-2H3,(H,24,25). The summed E-state index contributed by atoms with van der Waals surface area (Å²) in [5, 5.41) is 3.48. The van der Waals surface area contributed by atoms with Crippen LogP contribution in [0.25, 0.3) is 11.0 Å². The number of nitrogens with zero attached hydrogens (tertiary/aromatic N) is 4. The number of rotatable bonds is 6. The molecule has 1 atom stereocenters. The largest absolute Gasteiger partial charge is 0.376 e. The zero-order valence-electron chi connectivity index (χ0n) is 17.2. The van der Waals surface area contributed by atoms with Crippen molar-refractivity contribution in [1.82, 2.24) is 19.8 Å². The van der Waals surface area contributed by atoms with Gasteiger partial charge < -0.3 is 19.5 Å². The molecule has 0 aliphatic carbocycles. The molecule has 0 radical (unpaired) electrons. The molecule has 1 saturated heterocycles. The van der Waals surface area contributed by atoms with Crippen LogP contribution in [0, 0.1) is 5.92 Å². The monoisotopic (exact) mass is 391 g/mol. The Balaban J connectivity index is 1.28.